The molecule has 1 atom stereocenters. The summed E-state index contributed by atoms with van der Waals surface area (Å²) in [5.74, 6) is 1.75. The molecule has 1 aliphatic rings. The standard InChI is InChI=1S/C26H28BrN5O5S/c1-36-23-10-9-18(12-24(23)37-2)38(34,35)31-11-5-6-17(16-31)14-28-25-13-21(19-7-3-4-8-22(19)33)30-26-20(27)15-29-32(25)26/h3-4,7-10,12-13,15,17,28,33H,5-6,11,14,16H2,1-2H3. The zero-order valence-electron chi connectivity index (χ0n) is 21.0. The van der Waals surface area contributed by atoms with Crippen molar-refractivity contribution in [3.63, 3.8) is 0 Å². The lowest BCUT2D eigenvalue weighted by molar-refractivity contribution is 0.275. The lowest BCUT2D eigenvalue weighted by atomic mass is 10.00. The lowest BCUT2D eigenvalue weighted by Crippen LogP contribution is -2.41. The summed E-state index contributed by atoms with van der Waals surface area (Å²) in [5.41, 5.74) is 1.81. The number of ether oxygens (including phenoxy) is 2. The summed E-state index contributed by atoms with van der Waals surface area (Å²) in [6, 6.07) is 13.5. The van der Waals surface area contributed by atoms with Crippen LogP contribution in [-0.4, -0.2) is 66.3 Å². The Balaban J connectivity index is 1.36. The number of nitrogens with zero attached hydrogens (tertiary/aromatic N) is 4. The predicted molar refractivity (Wildman–Crippen MR) is 147 cm³/mol. The van der Waals surface area contributed by atoms with Gasteiger partial charge in [-0.05, 0) is 59.0 Å². The molecule has 3 heterocycles. The molecule has 12 heteroatoms. The molecule has 5 rings (SSSR count). The van der Waals surface area contributed by atoms with Gasteiger partial charge in [0.25, 0.3) is 0 Å². The van der Waals surface area contributed by atoms with Crippen molar-refractivity contribution in [1.82, 2.24) is 18.9 Å². The average Bonchev–Trinajstić information content (AvgIpc) is 3.32. The zero-order chi connectivity index (χ0) is 26.9. The monoisotopic (exact) mass is 601 g/mol. The van der Waals surface area contributed by atoms with E-state index in [9.17, 15) is 13.5 Å². The number of anilines is 1. The molecule has 1 fully saturated rings. The van der Waals surface area contributed by atoms with Crippen LogP contribution in [0.1, 0.15) is 12.8 Å². The van der Waals surface area contributed by atoms with E-state index in [0.29, 0.717) is 53.9 Å². The van der Waals surface area contributed by atoms with Crippen LogP contribution >= 0.6 is 15.9 Å². The van der Waals surface area contributed by atoms with Crippen LogP contribution in [0.2, 0.25) is 0 Å². The molecule has 10 nitrogen and oxygen atoms in total. The molecule has 2 aromatic carbocycles. The molecule has 1 aliphatic heterocycles. The highest BCUT2D eigenvalue weighted by Gasteiger charge is 2.31. The van der Waals surface area contributed by atoms with E-state index in [4.69, 9.17) is 9.47 Å². The molecule has 200 valence electrons. The van der Waals surface area contributed by atoms with Gasteiger partial charge in [0, 0.05) is 37.3 Å². The second kappa shape index (κ2) is 10.8. The molecule has 1 unspecified atom stereocenters. The SMILES string of the molecule is COc1ccc(S(=O)(=O)N2CCCC(CNc3cc(-c4ccccc4O)nc4c(Br)cnn34)C2)cc1OC. The van der Waals surface area contributed by atoms with Gasteiger partial charge in [-0.1, -0.05) is 12.1 Å². The molecular formula is C26H28BrN5O5S. The first kappa shape index (κ1) is 26.3. The van der Waals surface area contributed by atoms with Gasteiger partial charge in [0.1, 0.15) is 11.6 Å². The number of sulfonamides is 1. The van der Waals surface area contributed by atoms with Gasteiger partial charge in [-0.25, -0.2) is 13.4 Å². The van der Waals surface area contributed by atoms with Crippen molar-refractivity contribution in [1.29, 1.82) is 0 Å². The molecule has 2 aromatic heterocycles. The van der Waals surface area contributed by atoms with Crippen LogP contribution in [0.15, 0.2) is 64.1 Å². The number of piperidine rings is 1. The predicted octanol–water partition coefficient (Wildman–Crippen LogP) is 4.39. The second-order valence-electron chi connectivity index (χ2n) is 9.04. The lowest BCUT2D eigenvalue weighted by Gasteiger charge is -2.32. The Morgan fingerprint density at radius 3 is 2.68 bits per heavy atom. The van der Waals surface area contributed by atoms with Crippen molar-refractivity contribution in [3.05, 3.63) is 59.2 Å². The fourth-order valence-electron chi connectivity index (χ4n) is 4.68. The minimum atomic E-state index is -3.71. The third kappa shape index (κ3) is 5.03. The van der Waals surface area contributed by atoms with Crippen LogP contribution in [0.25, 0.3) is 16.9 Å². The van der Waals surface area contributed by atoms with Crippen LogP contribution in [0.3, 0.4) is 0 Å². The first-order chi connectivity index (χ1) is 18.3. The van der Waals surface area contributed by atoms with Gasteiger partial charge in [-0.3, -0.25) is 0 Å². The summed E-state index contributed by atoms with van der Waals surface area (Å²) in [7, 11) is -0.712. The van der Waals surface area contributed by atoms with Crippen LogP contribution in [-0.2, 0) is 10.0 Å². The summed E-state index contributed by atoms with van der Waals surface area (Å²) in [6.45, 7) is 1.37. The fraction of sp³-hybridized carbons (Fsp3) is 0.308. The molecule has 2 N–H and O–H groups in total. The van der Waals surface area contributed by atoms with Crippen molar-refractivity contribution < 1.29 is 23.0 Å². The number of hydrogen-bond acceptors (Lipinski definition) is 8. The largest absolute Gasteiger partial charge is 0.507 e. The van der Waals surface area contributed by atoms with Gasteiger partial charge in [-0.2, -0.15) is 13.9 Å². The smallest absolute Gasteiger partial charge is 0.243 e. The van der Waals surface area contributed by atoms with E-state index < -0.39 is 10.0 Å². The van der Waals surface area contributed by atoms with Crippen LogP contribution < -0.4 is 14.8 Å². The topological polar surface area (TPSA) is 118 Å². The number of methoxy groups -OCH3 is 2. The van der Waals surface area contributed by atoms with Gasteiger partial charge < -0.3 is 19.9 Å². The Morgan fingerprint density at radius 2 is 1.92 bits per heavy atom. The number of rotatable bonds is 8. The number of benzene rings is 2. The second-order valence-corrected chi connectivity index (χ2v) is 11.8. The molecule has 0 spiro atoms. The fourth-order valence-corrected chi connectivity index (χ4v) is 6.60. The van der Waals surface area contributed by atoms with Crippen LogP contribution in [0.4, 0.5) is 5.82 Å². The minimum absolute atomic E-state index is 0.0782. The Kier molecular flexibility index (Phi) is 7.46. The quantitative estimate of drug-likeness (QED) is 0.305. The van der Waals surface area contributed by atoms with Gasteiger partial charge in [0.15, 0.2) is 17.1 Å². The van der Waals surface area contributed by atoms with E-state index in [0.717, 1.165) is 17.3 Å². The Hall–Kier alpha value is -3.35. The first-order valence-corrected chi connectivity index (χ1v) is 14.3. The third-order valence-corrected chi connectivity index (χ3v) is 9.08. The van der Waals surface area contributed by atoms with Crippen molar-refractivity contribution in [3.8, 4) is 28.5 Å². The van der Waals surface area contributed by atoms with Crippen molar-refractivity contribution in [2.75, 3.05) is 39.2 Å². The Bertz CT molecular complexity index is 1580. The molecule has 1 saturated heterocycles. The number of phenols is 1. The Labute approximate surface area is 229 Å². The summed E-state index contributed by atoms with van der Waals surface area (Å²) < 4.78 is 41.4. The third-order valence-electron chi connectivity index (χ3n) is 6.66. The molecule has 0 amide bonds. The van der Waals surface area contributed by atoms with Gasteiger partial charge in [0.05, 0.1) is 35.5 Å². The number of aromatic nitrogens is 3. The highest BCUT2D eigenvalue weighted by molar-refractivity contribution is 9.10. The van der Waals surface area contributed by atoms with E-state index in [1.807, 2.05) is 12.1 Å². The summed E-state index contributed by atoms with van der Waals surface area (Å²) in [5, 5.41) is 18.2. The van der Waals surface area contributed by atoms with Crippen LogP contribution in [0.5, 0.6) is 17.2 Å². The molecule has 38 heavy (non-hydrogen) atoms. The number of aromatic hydroxyl groups is 1. The molecule has 0 bridgehead atoms. The van der Waals surface area contributed by atoms with Gasteiger partial charge in [0.2, 0.25) is 10.0 Å². The van der Waals surface area contributed by atoms with Crippen LogP contribution in [0, 0.1) is 5.92 Å². The highest BCUT2D eigenvalue weighted by atomic mass is 79.9. The number of halogens is 1. The maximum Gasteiger partial charge on any atom is 0.243 e. The van der Waals surface area contributed by atoms with Crippen molar-refractivity contribution in [2.24, 2.45) is 5.92 Å². The highest BCUT2D eigenvalue weighted by Crippen LogP contribution is 2.33. The number of fused-ring (bicyclic) bond motifs is 1. The normalized spacial score (nSPS) is 16.4. The van der Waals surface area contributed by atoms with Gasteiger partial charge >= 0.3 is 0 Å². The molecule has 0 saturated carbocycles. The molecular weight excluding hydrogens is 574 g/mol. The zero-order valence-corrected chi connectivity index (χ0v) is 23.4. The number of hydrogen-bond donors (Lipinski definition) is 2. The van der Waals surface area contributed by atoms with Crippen molar-refractivity contribution >= 4 is 37.4 Å². The molecule has 0 aliphatic carbocycles. The Morgan fingerprint density at radius 1 is 1.13 bits per heavy atom. The van der Waals surface area contributed by atoms with E-state index in [2.05, 4.69) is 31.3 Å². The molecule has 4 aromatic rings. The van der Waals surface area contributed by atoms with Gasteiger partial charge in [-0.15, -0.1) is 0 Å². The average molecular weight is 603 g/mol. The maximum absolute atomic E-state index is 13.4. The number of para-hydroxylation sites is 1. The van der Waals surface area contributed by atoms with E-state index in [-0.39, 0.29) is 16.6 Å². The number of phenolic OH excluding ortho intramolecular Hbond substituents is 1. The number of nitrogens with one attached hydrogen (secondary N) is 1. The summed E-state index contributed by atoms with van der Waals surface area (Å²) in [6.07, 6.45) is 3.30. The van der Waals surface area contributed by atoms with E-state index in [1.165, 1.54) is 24.6 Å². The first-order valence-electron chi connectivity index (χ1n) is 12.1. The summed E-state index contributed by atoms with van der Waals surface area (Å²) in [4.78, 5) is 4.85. The van der Waals surface area contributed by atoms with E-state index in [1.54, 1.807) is 41.0 Å². The summed E-state index contributed by atoms with van der Waals surface area (Å²) >= 11 is 3.50. The maximum atomic E-state index is 13.4. The molecule has 0 radical (unpaired) electrons. The minimum Gasteiger partial charge on any atom is -0.507 e. The van der Waals surface area contributed by atoms with Crippen molar-refractivity contribution in [2.45, 2.75) is 17.7 Å². The van der Waals surface area contributed by atoms with E-state index >= 15 is 0 Å².